The molecule has 0 fully saturated rings. The average molecular weight is 418 g/mol. The van der Waals surface area contributed by atoms with Gasteiger partial charge in [0.2, 0.25) is 5.91 Å². The Labute approximate surface area is 182 Å². The van der Waals surface area contributed by atoms with E-state index in [1.165, 1.54) is 0 Å². The molecule has 31 heavy (non-hydrogen) atoms. The number of rotatable bonds is 4. The summed E-state index contributed by atoms with van der Waals surface area (Å²) in [5.41, 5.74) is 2.77. The van der Waals surface area contributed by atoms with Gasteiger partial charge in [0.15, 0.2) is 5.78 Å². The Kier molecular flexibility index (Phi) is 5.48. The summed E-state index contributed by atoms with van der Waals surface area (Å²) >= 11 is 0. The van der Waals surface area contributed by atoms with Gasteiger partial charge < -0.3 is 10.1 Å². The maximum atomic E-state index is 13.5. The van der Waals surface area contributed by atoms with E-state index in [1.807, 2.05) is 37.3 Å². The van der Waals surface area contributed by atoms with E-state index in [9.17, 15) is 9.59 Å². The van der Waals surface area contributed by atoms with Crippen LogP contribution < -0.4 is 10.1 Å². The summed E-state index contributed by atoms with van der Waals surface area (Å²) in [4.78, 5) is 35.8. The molecule has 6 heteroatoms. The molecule has 2 heterocycles. The summed E-state index contributed by atoms with van der Waals surface area (Å²) in [5.74, 6) is -0.162. The molecule has 2 aromatic rings. The fourth-order valence-electron chi connectivity index (χ4n) is 4.68. The van der Waals surface area contributed by atoms with Crippen LogP contribution in [0.15, 0.2) is 64.9 Å². The normalized spacial score (nSPS) is 22.5. The Morgan fingerprint density at radius 3 is 2.58 bits per heavy atom. The van der Waals surface area contributed by atoms with Crippen LogP contribution in [0.25, 0.3) is 0 Å². The number of allylic oxidation sites excluding steroid dienone is 2. The van der Waals surface area contributed by atoms with Gasteiger partial charge in [-0.05, 0) is 37.0 Å². The highest BCUT2D eigenvalue weighted by molar-refractivity contribution is 6.13. The fourth-order valence-corrected chi connectivity index (χ4v) is 4.68. The first-order chi connectivity index (χ1) is 14.8. The molecule has 0 radical (unpaired) electrons. The molecule has 6 nitrogen and oxygen atoms in total. The summed E-state index contributed by atoms with van der Waals surface area (Å²) in [6.45, 7) is 6.02. The highest BCUT2D eigenvalue weighted by Gasteiger charge is 2.46. The molecule has 1 aliphatic heterocycles. The smallest absolute Gasteiger partial charge is 0.235 e. The molecule has 2 aliphatic rings. The highest BCUT2D eigenvalue weighted by Crippen LogP contribution is 2.49. The van der Waals surface area contributed by atoms with Crippen LogP contribution in [-0.4, -0.2) is 29.5 Å². The van der Waals surface area contributed by atoms with Crippen molar-refractivity contribution in [2.24, 2.45) is 16.3 Å². The number of aliphatic imine (C=N–C) groups is 1. The van der Waals surface area contributed by atoms with E-state index >= 15 is 0 Å². The number of methoxy groups -OCH3 is 1. The Balaban J connectivity index is 1.84. The number of nitrogens with zero attached hydrogens (tertiary/aromatic N) is 2. The first-order valence-electron chi connectivity index (χ1n) is 10.5. The molecule has 160 valence electrons. The van der Waals surface area contributed by atoms with Gasteiger partial charge in [-0.25, -0.2) is 4.98 Å². The topological polar surface area (TPSA) is 80.6 Å². The number of hydrogen-bond acceptors (Lipinski definition) is 5. The minimum Gasteiger partial charge on any atom is -0.496 e. The van der Waals surface area contributed by atoms with Gasteiger partial charge in [0, 0.05) is 41.1 Å². The number of nitrogens with one attached hydrogen (secondary N) is 1. The lowest BCUT2D eigenvalue weighted by molar-refractivity contribution is -0.119. The third-order valence-electron chi connectivity index (χ3n) is 5.97. The average Bonchev–Trinajstić information content (AvgIpc) is 2.72. The van der Waals surface area contributed by atoms with Crippen LogP contribution in [0.3, 0.4) is 0 Å². The molecule has 0 saturated heterocycles. The minimum absolute atomic E-state index is 0.0500. The van der Waals surface area contributed by atoms with Crippen molar-refractivity contribution in [3.05, 3.63) is 65.5 Å². The van der Waals surface area contributed by atoms with Crippen molar-refractivity contribution in [1.82, 2.24) is 4.98 Å². The van der Waals surface area contributed by atoms with Crippen molar-refractivity contribution in [2.75, 3.05) is 12.4 Å². The van der Waals surface area contributed by atoms with Crippen molar-refractivity contribution in [3.8, 4) is 5.75 Å². The SMILES string of the molecule is COc1ccccc1[C@H]1C2=C(CC(C)(C)CC2=O)N=C(C)C1C(=O)Nc1ccccn1. The lowest BCUT2D eigenvalue weighted by atomic mass is 9.66. The van der Waals surface area contributed by atoms with E-state index in [1.54, 1.807) is 25.4 Å². The molecule has 1 aromatic carbocycles. The van der Waals surface area contributed by atoms with Gasteiger partial charge in [0.05, 0.1) is 13.0 Å². The van der Waals surface area contributed by atoms with Gasteiger partial charge in [-0.3, -0.25) is 14.6 Å². The standard InChI is InChI=1S/C25H27N3O3/c1-15-21(24(30)28-20-11-7-8-12-26-20)22(16-9-5-6-10-19(16)31-4)23-17(27-15)13-25(2,3)14-18(23)29/h5-12,21-22H,13-14H2,1-4H3,(H,26,28,30)/t21?,22-/m1/s1. The molecule has 2 atom stereocenters. The van der Waals surface area contributed by atoms with Crippen molar-refractivity contribution in [1.29, 1.82) is 0 Å². The Morgan fingerprint density at radius 1 is 1.13 bits per heavy atom. The molecule has 0 bridgehead atoms. The summed E-state index contributed by atoms with van der Waals surface area (Å²) in [6, 6.07) is 12.9. The number of pyridine rings is 1. The predicted molar refractivity (Wildman–Crippen MR) is 120 cm³/mol. The van der Waals surface area contributed by atoms with Crippen LogP contribution in [0.5, 0.6) is 5.75 Å². The van der Waals surface area contributed by atoms with Gasteiger partial charge in [-0.2, -0.15) is 0 Å². The van der Waals surface area contributed by atoms with Gasteiger partial charge in [-0.1, -0.05) is 38.1 Å². The van der Waals surface area contributed by atoms with Gasteiger partial charge in [0.25, 0.3) is 0 Å². The van der Waals surface area contributed by atoms with Crippen LogP contribution in [-0.2, 0) is 9.59 Å². The second-order valence-electron chi connectivity index (χ2n) is 8.96. The molecular weight excluding hydrogens is 390 g/mol. The molecule has 0 saturated carbocycles. The van der Waals surface area contributed by atoms with Crippen LogP contribution in [0.2, 0.25) is 0 Å². The molecule has 1 aliphatic carbocycles. The highest BCUT2D eigenvalue weighted by atomic mass is 16.5. The van der Waals surface area contributed by atoms with E-state index in [2.05, 4.69) is 24.1 Å². The third-order valence-corrected chi connectivity index (χ3v) is 5.97. The quantitative estimate of drug-likeness (QED) is 0.792. The van der Waals surface area contributed by atoms with E-state index in [0.29, 0.717) is 35.7 Å². The molecule has 1 aromatic heterocycles. The van der Waals surface area contributed by atoms with Crippen molar-refractivity contribution < 1.29 is 14.3 Å². The summed E-state index contributed by atoms with van der Waals surface area (Å²) < 4.78 is 5.62. The maximum absolute atomic E-state index is 13.5. The number of ketones is 1. The Hall–Kier alpha value is -3.28. The van der Waals surface area contributed by atoms with E-state index in [-0.39, 0.29) is 17.1 Å². The predicted octanol–water partition coefficient (Wildman–Crippen LogP) is 4.55. The number of hydrogen-bond donors (Lipinski definition) is 1. The number of Topliss-reactive ketones (excluding diaryl/α,β-unsaturated/α-hetero) is 1. The number of amides is 1. The Morgan fingerprint density at radius 2 is 1.87 bits per heavy atom. The van der Waals surface area contributed by atoms with E-state index in [0.717, 1.165) is 11.3 Å². The second-order valence-corrected chi connectivity index (χ2v) is 8.96. The number of carbonyl (C=O) groups excluding carboxylic acids is 2. The van der Waals surface area contributed by atoms with Crippen LogP contribution in [0.4, 0.5) is 5.82 Å². The first-order valence-corrected chi connectivity index (χ1v) is 10.5. The van der Waals surface area contributed by atoms with Crippen molar-refractivity contribution in [2.45, 2.75) is 39.5 Å². The zero-order valence-electron chi connectivity index (χ0n) is 18.3. The molecule has 1 unspecified atom stereocenters. The van der Waals surface area contributed by atoms with Gasteiger partial charge >= 0.3 is 0 Å². The van der Waals surface area contributed by atoms with Crippen LogP contribution in [0.1, 0.15) is 45.1 Å². The van der Waals surface area contributed by atoms with Crippen LogP contribution in [0, 0.1) is 11.3 Å². The number of ether oxygens (including phenoxy) is 1. The van der Waals surface area contributed by atoms with Crippen LogP contribution >= 0.6 is 0 Å². The maximum Gasteiger partial charge on any atom is 0.235 e. The van der Waals surface area contributed by atoms with Crippen molar-refractivity contribution in [3.63, 3.8) is 0 Å². The number of anilines is 1. The van der Waals surface area contributed by atoms with Crippen molar-refractivity contribution >= 4 is 23.2 Å². The molecular formula is C25H27N3O3. The molecule has 1 N–H and O–H groups in total. The molecule has 4 rings (SSSR count). The summed E-state index contributed by atoms with van der Waals surface area (Å²) in [5, 5.41) is 2.90. The monoisotopic (exact) mass is 417 g/mol. The van der Waals surface area contributed by atoms with Gasteiger partial charge in [-0.15, -0.1) is 0 Å². The third kappa shape index (κ3) is 4.02. The summed E-state index contributed by atoms with van der Waals surface area (Å²) in [7, 11) is 1.60. The molecule has 1 amide bonds. The minimum atomic E-state index is -0.637. The van der Waals surface area contributed by atoms with E-state index in [4.69, 9.17) is 9.73 Å². The number of benzene rings is 1. The van der Waals surface area contributed by atoms with Gasteiger partial charge in [0.1, 0.15) is 11.6 Å². The summed E-state index contributed by atoms with van der Waals surface area (Å²) in [6.07, 6.45) is 2.76. The number of carbonyl (C=O) groups is 2. The lowest BCUT2D eigenvalue weighted by Crippen LogP contribution is -2.41. The lowest BCUT2D eigenvalue weighted by Gasteiger charge is -2.39. The second kappa shape index (κ2) is 8.10. The zero-order valence-corrected chi connectivity index (χ0v) is 18.3. The first kappa shape index (κ1) is 21.0. The fraction of sp³-hybridized carbons (Fsp3) is 0.360. The zero-order chi connectivity index (χ0) is 22.2. The molecule has 0 spiro atoms. The number of aromatic nitrogens is 1. The number of para-hydroxylation sites is 1. The van der Waals surface area contributed by atoms with E-state index < -0.39 is 11.8 Å². The Bertz CT molecular complexity index is 1090. The largest absolute Gasteiger partial charge is 0.496 e.